The predicted molar refractivity (Wildman–Crippen MR) is 124 cm³/mol. The van der Waals surface area contributed by atoms with Crippen LogP contribution in [0.4, 0.5) is 4.39 Å². The first-order chi connectivity index (χ1) is 16.6. The highest BCUT2D eigenvalue weighted by Crippen LogP contribution is 2.29. The number of benzene rings is 1. The molecule has 5 rings (SSSR count). The smallest absolute Gasteiger partial charge is 0.274 e. The number of hydrogen-bond donors (Lipinski definition) is 1. The van der Waals surface area contributed by atoms with Gasteiger partial charge in [0.1, 0.15) is 11.9 Å². The minimum Gasteiger partial charge on any atom is -0.365 e. The van der Waals surface area contributed by atoms with Gasteiger partial charge in [-0.3, -0.25) is 9.59 Å². The molecule has 1 aromatic carbocycles. The number of carbonyl (C=O) groups excluding carboxylic acids is 2. The normalized spacial score (nSPS) is 21.8. The van der Waals surface area contributed by atoms with Crippen LogP contribution in [0.15, 0.2) is 30.6 Å². The van der Waals surface area contributed by atoms with E-state index in [1.807, 2.05) is 4.57 Å². The highest BCUT2D eigenvalue weighted by Gasteiger charge is 2.32. The first-order valence-electron chi connectivity index (χ1n) is 12.6. The standard InChI is InChI=1S/C26H33FN4O3/c27-21-8-6-19(7-9-21)23-15-31-17-29-24(22(31)16-34-23)26(33)30-12-10-20(11-13-30)25(32)28-14-18-4-2-1-3-5-18/h6-9,17-18,20,23H,1-5,10-16H2,(H,28,32)/t23-/m0/s1. The molecule has 2 fully saturated rings. The molecule has 2 aromatic rings. The molecular weight excluding hydrogens is 435 g/mol. The molecule has 0 bridgehead atoms. The van der Waals surface area contributed by atoms with Crippen molar-refractivity contribution in [2.24, 2.45) is 11.8 Å². The second-order valence-corrected chi connectivity index (χ2v) is 9.86. The van der Waals surface area contributed by atoms with Crippen LogP contribution in [0.3, 0.4) is 0 Å². The number of hydrogen-bond acceptors (Lipinski definition) is 4. The van der Waals surface area contributed by atoms with Gasteiger partial charge in [0.15, 0.2) is 5.69 Å². The summed E-state index contributed by atoms with van der Waals surface area (Å²) in [4.78, 5) is 32.0. The number of piperidine rings is 1. The number of ether oxygens (including phenoxy) is 1. The lowest BCUT2D eigenvalue weighted by Crippen LogP contribution is -2.44. The Morgan fingerprint density at radius 1 is 1.06 bits per heavy atom. The lowest BCUT2D eigenvalue weighted by atomic mass is 9.89. The molecule has 34 heavy (non-hydrogen) atoms. The van der Waals surface area contributed by atoms with Crippen molar-refractivity contribution in [1.82, 2.24) is 19.8 Å². The Balaban J connectivity index is 1.14. The predicted octanol–water partition coefficient (Wildman–Crippen LogP) is 3.84. The quantitative estimate of drug-likeness (QED) is 0.723. The summed E-state index contributed by atoms with van der Waals surface area (Å²) < 4.78 is 21.2. The maximum Gasteiger partial charge on any atom is 0.274 e. The van der Waals surface area contributed by atoms with Crippen LogP contribution in [-0.2, 0) is 22.7 Å². The summed E-state index contributed by atoms with van der Waals surface area (Å²) in [6, 6.07) is 6.31. The third-order valence-electron chi connectivity index (χ3n) is 7.62. The van der Waals surface area contributed by atoms with Gasteiger partial charge in [0.05, 0.1) is 25.2 Å². The molecule has 7 nitrogen and oxygen atoms in total. The number of halogens is 1. The van der Waals surface area contributed by atoms with Crippen molar-refractivity contribution >= 4 is 11.8 Å². The molecule has 0 radical (unpaired) electrons. The second kappa shape index (κ2) is 10.3. The number of fused-ring (bicyclic) bond motifs is 1. The van der Waals surface area contributed by atoms with Gasteiger partial charge in [-0.2, -0.15) is 0 Å². The number of aromatic nitrogens is 2. The molecule has 1 N–H and O–H groups in total. The third-order valence-corrected chi connectivity index (χ3v) is 7.62. The van der Waals surface area contributed by atoms with Crippen LogP contribution in [0.25, 0.3) is 0 Å². The summed E-state index contributed by atoms with van der Waals surface area (Å²) >= 11 is 0. The fourth-order valence-electron chi connectivity index (χ4n) is 5.46. The summed E-state index contributed by atoms with van der Waals surface area (Å²) in [5.74, 6) is 0.358. The van der Waals surface area contributed by atoms with Crippen molar-refractivity contribution in [3.63, 3.8) is 0 Å². The topological polar surface area (TPSA) is 76.5 Å². The van der Waals surface area contributed by atoms with Crippen molar-refractivity contribution in [2.75, 3.05) is 19.6 Å². The van der Waals surface area contributed by atoms with E-state index < -0.39 is 0 Å². The van der Waals surface area contributed by atoms with Gasteiger partial charge in [-0.15, -0.1) is 0 Å². The number of nitrogens with zero attached hydrogens (tertiary/aromatic N) is 3. The van der Waals surface area contributed by atoms with Gasteiger partial charge >= 0.3 is 0 Å². The van der Waals surface area contributed by atoms with E-state index in [-0.39, 0.29) is 36.3 Å². The van der Waals surface area contributed by atoms with Crippen LogP contribution in [-0.4, -0.2) is 45.9 Å². The molecule has 2 aliphatic heterocycles. The highest BCUT2D eigenvalue weighted by molar-refractivity contribution is 5.93. The molecular formula is C26H33FN4O3. The first-order valence-corrected chi connectivity index (χ1v) is 12.6. The molecule has 0 spiro atoms. The van der Waals surface area contributed by atoms with Crippen molar-refractivity contribution in [3.8, 4) is 0 Å². The monoisotopic (exact) mass is 468 g/mol. The molecule has 1 saturated heterocycles. The minimum atomic E-state index is -0.277. The highest BCUT2D eigenvalue weighted by atomic mass is 19.1. The lowest BCUT2D eigenvalue weighted by molar-refractivity contribution is -0.126. The van der Waals surface area contributed by atoms with Crippen molar-refractivity contribution in [3.05, 3.63) is 53.4 Å². The van der Waals surface area contributed by atoms with E-state index in [2.05, 4.69) is 10.3 Å². The Labute approximate surface area is 199 Å². The summed E-state index contributed by atoms with van der Waals surface area (Å²) in [5, 5.41) is 3.16. The number of likely N-dealkylation sites (tertiary alicyclic amines) is 1. The Morgan fingerprint density at radius 3 is 2.53 bits per heavy atom. The molecule has 0 unspecified atom stereocenters. The lowest BCUT2D eigenvalue weighted by Gasteiger charge is -2.32. The average Bonchev–Trinajstić information content (AvgIpc) is 3.31. The summed E-state index contributed by atoms with van der Waals surface area (Å²) in [6.45, 7) is 2.72. The van der Waals surface area contributed by atoms with Crippen LogP contribution in [0.2, 0.25) is 0 Å². The average molecular weight is 469 g/mol. The van der Waals surface area contributed by atoms with Crippen LogP contribution in [0.1, 0.15) is 72.8 Å². The summed E-state index contributed by atoms with van der Waals surface area (Å²) in [7, 11) is 0. The number of amides is 2. The van der Waals surface area contributed by atoms with Gasteiger partial charge in [-0.1, -0.05) is 31.4 Å². The van der Waals surface area contributed by atoms with Crippen molar-refractivity contribution in [2.45, 2.75) is 64.2 Å². The number of imidazole rings is 1. The van der Waals surface area contributed by atoms with Gasteiger partial charge in [-0.25, -0.2) is 9.37 Å². The SMILES string of the molecule is O=C(NCC1CCCCC1)C1CCN(C(=O)c2ncn3c2CO[C@H](c2ccc(F)cc2)C3)CC1. The molecule has 1 saturated carbocycles. The fraction of sp³-hybridized carbons (Fsp3) is 0.577. The zero-order chi connectivity index (χ0) is 23.5. The van der Waals surface area contributed by atoms with Crippen LogP contribution in [0, 0.1) is 17.7 Å². The zero-order valence-corrected chi connectivity index (χ0v) is 19.5. The third kappa shape index (κ3) is 5.02. The van der Waals surface area contributed by atoms with Gasteiger partial charge < -0.3 is 19.5 Å². The Morgan fingerprint density at radius 2 is 1.79 bits per heavy atom. The molecule has 182 valence electrons. The Kier molecular flexibility index (Phi) is 6.94. The molecule has 8 heteroatoms. The minimum absolute atomic E-state index is 0.0247. The molecule has 3 aliphatic rings. The zero-order valence-electron chi connectivity index (χ0n) is 19.5. The second-order valence-electron chi connectivity index (χ2n) is 9.86. The van der Waals surface area contributed by atoms with Gasteiger partial charge in [0.25, 0.3) is 5.91 Å². The Hall–Kier alpha value is -2.74. The van der Waals surface area contributed by atoms with Crippen LogP contribution in [0.5, 0.6) is 0 Å². The number of rotatable bonds is 5. The van der Waals surface area contributed by atoms with Crippen LogP contribution >= 0.6 is 0 Å². The molecule has 1 atom stereocenters. The molecule has 2 amide bonds. The summed E-state index contributed by atoms with van der Waals surface area (Å²) in [6.07, 6.45) is 9.15. The van der Waals surface area contributed by atoms with Crippen molar-refractivity contribution < 1.29 is 18.7 Å². The fourth-order valence-corrected chi connectivity index (χ4v) is 5.46. The van der Waals surface area contributed by atoms with Gasteiger partial charge in [0.2, 0.25) is 5.91 Å². The van der Waals surface area contributed by atoms with E-state index >= 15 is 0 Å². The van der Waals surface area contributed by atoms with Crippen LogP contribution < -0.4 is 5.32 Å². The van der Waals surface area contributed by atoms with E-state index in [9.17, 15) is 14.0 Å². The first kappa shape index (κ1) is 23.0. The van der Waals surface area contributed by atoms with Gasteiger partial charge in [0, 0.05) is 25.6 Å². The maximum absolute atomic E-state index is 13.2. The largest absolute Gasteiger partial charge is 0.365 e. The molecule has 3 heterocycles. The number of carbonyl (C=O) groups is 2. The van der Waals surface area contributed by atoms with Gasteiger partial charge in [-0.05, 0) is 49.3 Å². The van der Waals surface area contributed by atoms with E-state index in [1.54, 1.807) is 23.4 Å². The van der Waals surface area contributed by atoms with E-state index in [0.717, 1.165) is 17.8 Å². The maximum atomic E-state index is 13.2. The van der Waals surface area contributed by atoms with E-state index in [4.69, 9.17) is 4.74 Å². The van der Waals surface area contributed by atoms with E-state index in [1.165, 1.54) is 44.2 Å². The molecule has 1 aromatic heterocycles. The van der Waals surface area contributed by atoms with Crippen molar-refractivity contribution in [1.29, 1.82) is 0 Å². The summed E-state index contributed by atoms with van der Waals surface area (Å²) in [5.41, 5.74) is 2.10. The Bertz CT molecular complexity index is 1010. The number of nitrogens with one attached hydrogen (secondary N) is 1. The molecule has 1 aliphatic carbocycles. The van der Waals surface area contributed by atoms with E-state index in [0.29, 0.717) is 44.1 Å².